The third-order valence-corrected chi connectivity index (χ3v) is 4.47. The van der Waals surface area contributed by atoms with E-state index in [4.69, 9.17) is 4.74 Å². The van der Waals surface area contributed by atoms with Gasteiger partial charge >= 0.3 is 5.97 Å². The van der Waals surface area contributed by atoms with Gasteiger partial charge in [-0.05, 0) is 24.3 Å². The Morgan fingerprint density at radius 1 is 1.33 bits per heavy atom. The lowest BCUT2D eigenvalue weighted by atomic mass is 10.1. The number of esters is 1. The standard InChI is InChI=1S/C12H11BrO4S/c13-10-1-3-11(4-2-10)17-12(14)7-9-5-6-18(15,16)8-9/h1-6,9H,7-8H2. The first-order chi connectivity index (χ1) is 8.44. The summed E-state index contributed by atoms with van der Waals surface area (Å²) in [4.78, 5) is 11.6. The number of ether oxygens (including phenoxy) is 1. The number of carbonyl (C=O) groups is 1. The maximum Gasteiger partial charge on any atom is 0.311 e. The van der Waals surface area contributed by atoms with Crippen molar-refractivity contribution in [2.45, 2.75) is 6.42 Å². The Labute approximate surface area is 114 Å². The van der Waals surface area contributed by atoms with Gasteiger partial charge in [0.05, 0.1) is 12.2 Å². The second kappa shape index (κ2) is 5.24. The number of halogens is 1. The van der Waals surface area contributed by atoms with Crippen LogP contribution in [0, 0.1) is 5.92 Å². The molecule has 0 bridgehead atoms. The molecular formula is C12H11BrO4S. The van der Waals surface area contributed by atoms with Gasteiger partial charge in [-0.25, -0.2) is 8.42 Å². The summed E-state index contributed by atoms with van der Waals surface area (Å²) in [5.74, 6) is -0.266. The molecule has 1 unspecified atom stereocenters. The molecule has 0 N–H and O–H groups in total. The molecule has 0 radical (unpaired) electrons. The van der Waals surface area contributed by atoms with Crippen molar-refractivity contribution < 1.29 is 17.9 Å². The second-order valence-corrected chi connectivity index (χ2v) is 6.90. The average Bonchev–Trinajstić information content (AvgIpc) is 2.61. The number of sulfone groups is 1. The Morgan fingerprint density at radius 2 is 2.00 bits per heavy atom. The Kier molecular flexibility index (Phi) is 3.87. The lowest BCUT2D eigenvalue weighted by Gasteiger charge is -2.07. The van der Waals surface area contributed by atoms with Crippen molar-refractivity contribution >= 4 is 31.7 Å². The maximum atomic E-state index is 11.6. The Morgan fingerprint density at radius 3 is 2.56 bits per heavy atom. The Hall–Kier alpha value is -1.14. The molecule has 1 heterocycles. The molecule has 96 valence electrons. The van der Waals surface area contributed by atoms with Gasteiger partial charge in [-0.1, -0.05) is 22.0 Å². The molecule has 18 heavy (non-hydrogen) atoms. The van der Waals surface area contributed by atoms with Crippen LogP contribution in [0.2, 0.25) is 0 Å². The highest BCUT2D eigenvalue weighted by molar-refractivity contribution is 9.10. The van der Waals surface area contributed by atoms with Crippen LogP contribution in [-0.2, 0) is 14.6 Å². The molecule has 0 aromatic heterocycles. The van der Waals surface area contributed by atoms with Crippen LogP contribution in [0.5, 0.6) is 5.75 Å². The minimum Gasteiger partial charge on any atom is -0.427 e. The minimum atomic E-state index is -3.11. The molecule has 1 aromatic rings. The summed E-state index contributed by atoms with van der Waals surface area (Å²) < 4.78 is 28.4. The largest absolute Gasteiger partial charge is 0.427 e. The van der Waals surface area contributed by atoms with Gasteiger partial charge in [0, 0.05) is 15.8 Å². The van der Waals surface area contributed by atoms with Crippen LogP contribution in [0.1, 0.15) is 6.42 Å². The lowest BCUT2D eigenvalue weighted by molar-refractivity contribution is -0.134. The van der Waals surface area contributed by atoms with Gasteiger partial charge < -0.3 is 4.74 Å². The van der Waals surface area contributed by atoms with Crippen molar-refractivity contribution in [2.24, 2.45) is 5.92 Å². The summed E-state index contributed by atoms with van der Waals surface area (Å²) in [5.41, 5.74) is 0. The summed E-state index contributed by atoms with van der Waals surface area (Å²) in [5, 5.41) is 1.16. The van der Waals surface area contributed by atoms with Crippen LogP contribution in [0.25, 0.3) is 0 Å². The molecule has 0 amide bonds. The zero-order valence-corrected chi connectivity index (χ0v) is 11.8. The lowest BCUT2D eigenvalue weighted by Crippen LogP contribution is -2.15. The van der Waals surface area contributed by atoms with E-state index in [0.29, 0.717) is 5.75 Å². The van der Waals surface area contributed by atoms with Crippen molar-refractivity contribution in [2.75, 3.05) is 5.75 Å². The molecule has 0 fully saturated rings. The van der Waals surface area contributed by atoms with E-state index in [9.17, 15) is 13.2 Å². The summed E-state index contributed by atoms with van der Waals surface area (Å²) in [6.45, 7) is 0. The molecule has 4 nitrogen and oxygen atoms in total. The van der Waals surface area contributed by atoms with E-state index in [0.717, 1.165) is 9.88 Å². The summed E-state index contributed by atoms with van der Waals surface area (Å²) >= 11 is 3.28. The van der Waals surface area contributed by atoms with Crippen LogP contribution in [0.3, 0.4) is 0 Å². The summed E-state index contributed by atoms with van der Waals surface area (Å²) in [6.07, 6.45) is 1.62. The van der Waals surface area contributed by atoms with Gasteiger partial charge in [-0.3, -0.25) is 4.79 Å². The van der Waals surface area contributed by atoms with Crippen molar-refractivity contribution in [1.29, 1.82) is 0 Å². The molecular weight excluding hydrogens is 320 g/mol. The molecule has 2 rings (SSSR count). The number of allylic oxidation sites excluding steroid dienone is 1. The van der Waals surface area contributed by atoms with Gasteiger partial charge in [0.15, 0.2) is 9.84 Å². The van der Waals surface area contributed by atoms with E-state index < -0.39 is 15.8 Å². The van der Waals surface area contributed by atoms with E-state index in [-0.39, 0.29) is 18.1 Å². The number of hydrogen-bond donors (Lipinski definition) is 0. The molecule has 1 aromatic carbocycles. The first-order valence-electron chi connectivity index (χ1n) is 5.32. The smallest absolute Gasteiger partial charge is 0.311 e. The van der Waals surface area contributed by atoms with Crippen LogP contribution >= 0.6 is 15.9 Å². The third kappa shape index (κ3) is 3.68. The number of carbonyl (C=O) groups excluding carboxylic acids is 1. The quantitative estimate of drug-likeness (QED) is 0.630. The maximum absolute atomic E-state index is 11.6. The Balaban J connectivity index is 1.90. The molecule has 1 aliphatic rings. The highest BCUT2D eigenvalue weighted by atomic mass is 79.9. The fourth-order valence-corrected chi connectivity index (χ4v) is 3.32. The second-order valence-electron chi connectivity index (χ2n) is 4.05. The van der Waals surface area contributed by atoms with Crippen molar-refractivity contribution in [1.82, 2.24) is 0 Å². The topological polar surface area (TPSA) is 60.4 Å². The van der Waals surface area contributed by atoms with Crippen LogP contribution in [0.15, 0.2) is 40.2 Å². The van der Waals surface area contributed by atoms with E-state index >= 15 is 0 Å². The average molecular weight is 331 g/mol. The summed E-state index contributed by atoms with van der Waals surface area (Å²) in [7, 11) is -3.11. The van der Waals surface area contributed by atoms with E-state index in [1.54, 1.807) is 24.3 Å². The molecule has 0 saturated heterocycles. The van der Waals surface area contributed by atoms with E-state index in [2.05, 4.69) is 15.9 Å². The zero-order valence-electron chi connectivity index (χ0n) is 9.37. The van der Waals surface area contributed by atoms with Gasteiger partial charge in [-0.15, -0.1) is 0 Å². The van der Waals surface area contributed by atoms with Crippen LogP contribution < -0.4 is 4.74 Å². The number of benzene rings is 1. The predicted octanol–water partition coefficient (Wildman–Crippen LogP) is 2.30. The fraction of sp³-hybridized carbons (Fsp3) is 0.250. The van der Waals surface area contributed by atoms with Crippen molar-refractivity contribution in [3.63, 3.8) is 0 Å². The predicted molar refractivity (Wildman–Crippen MR) is 70.8 cm³/mol. The van der Waals surface area contributed by atoms with Crippen LogP contribution in [-0.4, -0.2) is 20.1 Å². The highest BCUT2D eigenvalue weighted by Crippen LogP contribution is 2.21. The van der Waals surface area contributed by atoms with Crippen molar-refractivity contribution in [3.05, 3.63) is 40.2 Å². The highest BCUT2D eigenvalue weighted by Gasteiger charge is 2.24. The van der Waals surface area contributed by atoms with Gasteiger partial charge in [0.1, 0.15) is 5.75 Å². The molecule has 6 heteroatoms. The fourth-order valence-electron chi connectivity index (χ4n) is 1.66. The third-order valence-electron chi connectivity index (χ3n) is 2.48. The first kappa shape index (κ1) is 13.3. The van der Waals surface area contributed by atoms with Gasteiger partial charge in [0.2, 0.25) is 0 Å². The Bertz CT molecular complexity index is 575. The van der Waals surface area contributed by atoms with E-state index in [1.165, 1.54) is 6.08 Å². The summed E-state index contributed by atoms with van der Waals surface area (Å²) in [6, 6.07) is 6.87. The van der Waals surface area contributed by atoms with Gasteiger partial charge in [0.25, 0.3) is 0 Å². The molecule has 0 saturated carbocycles. The molecule has 0 aliphatic carbocycles. The number of hydrogen-bond acceptors (Lipinski definition) is 4. The molecule has 0 spiro atoms. The molecule has 1 aliphatic heterocycles. The van der Waals surface area contributed by atoms with Gasteiger partial charge in [-0.2, -0.15) is 0 Å². The van der Waals surface area contributed by atoms with Crippen molar-refractivity contribution in [3.8, 4) is 5.75 Å². The van der Waals surface area contributed by atoms with Crippen LogP contribution in [0.4, 0.5) is 0 Å². The SMILES string of the molecule is O=C(CC1C=CS(=O)(=O)C1)Oc1ccc(Br)cc1. The minimum absolute atomic E-state index is 0.0115. The molecule has 1 atom stereocenters. The normalized spacial score (nSPS) is 20.8. The zero-order chi connectivity index (χ0) is 13.2. The monoisotopic (exact) mass is 330 g/mol. The first-order valence-corrected chi connectivity index (χ1v) is 7.83. The van der Waals surface area contributed by atoms with E-state index in [1.807, 2.05) is 0 Å². The number of rotatable bonds is 3.